The van der Waals surface area contributed by atoms with E-state index in [1.807, 2.05) is 0 Å². The summed E-state index contributed by atoms with van der Waals surface area (Å²) >= 11 is 5.90. The molecule has 1 saturated heterocycles. The third kappa shape index (κ3) is 3.02. The summed E-state index contributed by atoms with van der Waals surface area (Å²) in [5.41, 5.74) is 5.99. The van der Waals surface area contributed by atoms with Crippen LogP contribution in [0.4, 0.5) is 0 Å². The van der Waals surface area contributed by atoms with Gasteiger partial charge in [0.25, 0.3) is 5.91 Å². The topological polar surface area (TPSA) is 113 Å². The highest BCUT2D eigenvalue weighted by atomic mass is 35.5. The number of nitrogens with one attached hydrogen (secondary N) is 1. The molecule has 7 nitrogen and oxygen atoms in total. The molecule has 0 aliphatic carbocycles. The lowest BCUT2D eigenvalue weighted by Crippen LogP contribution is -2.72. The fourth-order valence-electron chi connectivity index (χ4n) is 2.75. The second-order valence-electron chi connectivity index (χ2n) is 5.41. The Labute approximate surface area is 138 Å². The summed E-state index contributed by atoms with van der Waals surface area (Å²) in [5.74, 6) is -2.28. The Kier molecular flexibility index (Phi) is 4.91. The molecule has 0 saturated carbocycles. The maximum Gasteiger partial charge on any atom is 0.353 e. The first-order valence-corrected chi connectivity index (χ1v) is 7.49. The van der Waals surface area contributed by atoms with Gasteiger partial charge in [-0.05, 0) is 25.3 Å². The van der Waals surface area contributed by atoms with Gasteiger partial charge in [0.1, 0.15) is 17.8 Å². The predicted octanol–water partition coefficient (Wildman–Crippen LogP) is 0.470. The van der Waals surface area contributed by atoms with Gasteiger partial charge in [0.2, 0.25) is 5.91 Å². The number of amides is 2. The van der Waals surface area contributed by atoms with Crippen molar-refractivity contribution < 1.29 is 19.5 Å². The van der Waals surface area contributed by atoms with Crippen molar-refractivity contribution in [2.75, 3.05) is 0 Å². The molecule has 8 heteroatoms. The first kappa shape index (κ1) is 17.2. The van der Waals surface area contributed by atoms with E-state index in [-0.39, 0.29) is 10.7 Å². The molecule has 1 fully saturated rings. The number of rotatable bonds is 5. The van der Waals surface area contributed by atoms with E-state index in [2.05, 4.69) is 11.9 Å². The number of hydrogen-bond donors (Lipinski definition) is 3. The maximum absolute atomic E-state index is 12.2. The van der Waals surface area contributed by atoms with Gasteiger partial charge in [-0.3, -0.25) is 14.5 Å². The van der Waals surface area contributed by atoms with Crippen molar-refractivity contribution in [3.05, 3.63) is 35.0 Å². The minimum absolute atomic E-state index is 0.144. The Morgan fingerprint density at radius 1 is 1.57 bits per heavy atom. The molecule has 0 radical (unpaired) electrons. The van der Waals surface area contributed by atoms with E-state index >= 15 is 0 Å². The highest BCUT2D eigenvalue weighted by molar-refractivity contribution is 6.32. The van der Waals surface area contributed by atoms with Crippen LogP contribution < -0.4 is 11.1 Å². The number of fused-ring (bicyclic) bond motifs is 1. The molecule has 2 amide bonds. The Balaban J connectivity index is 2.08. The van der Waals surface area contributed by atoms with Gasteiger partial charge in [-0.2, -0.15) is 0 Å². The average molecular weight is 340 g/mol. The SMILES string of the molecule is C=C(/C=C\C)[C@@H](N)C(=O)N[C@@H]1C(=O)N2C(C(=O)O)=C(Cl)CC[C@H]12. The summed E-state index contributed by atoms with van der Waals surface area (Å²) in [4.78, 5) is 36.7. The van der Waals surface area contributed by atoms with Gasteiger partial charge in [-0.1, -0.05) is 30.3 Å². The summed E-state index contributed by atoms with van der Waals surface area (Å²) in [5, 5.41) is 11.9. The van der Waals surface area contributed by atoms with Crippen LogP contribution in [0, 0.1) is 0 Å². The van der Waals surface area contributed by atoms with Crippen LogP contribution in [0.25, 0.3) is 0 Å². The van der Waals surface area contributed by atoms with Crippen LogP contribution in [0.5, 0.6) is 0 Å². The lowest BCUT2D eigenvalue weighted by Gasteiger charge is -2.49. The second-order valence-corrected chi connectivity index (χ2v) is 5.87. The van der Waals surface area contributed by atoms with Crippen molar-refractivity contribution in [2.45, 2.75) is 37.9 Å². The van der Waals surface area contributed by atoms with E-state index in [0.717, 1.165) is 4.90 Å². The van der Waals surface area contributed by atoms with Gasteiger partial charge in [0.15, 0.2) is 0 Å². The van der Waals surface area contributed by atoms with E-state index in [1.165, 1.54) is 0 Å². The number of carboxylic acid groups (broad SMARTS) is 1. The van der Waals surface area contributed by atoms with E-state index < -0.39 is 35.9 Å². The number of carbonyl (C=O) groups is 3. The average Bonchev–Trinajstić information content (AvgIpc) is 2.51. The van der Waals surface area contributed by atoms with Crippen molar-refractivity contribution in [3.63, 3.8) is 0 Å². The molecule has 0 aromatic carbocycles. The van der Waals surface area contributed by atoms with Crippen LogP contribution >= 0.6 is 11.6 Å². The quantitative estimate of drug-likeness (QED) is 0.498. The molecular weight excluding hydrogens is 322 g/mol. The summed E-state index contributed by atoms with van der Waals surface area (Å²) in [6.45, 7) is 5.46. The highest BCUT2D eigenvalue weighted by Crippen LogP contribution is 2.38. The zero-order valence-corrected chi connectivity index (χ0v) is 13.3. The predicted molar refractivity (Wildman–Crippen MR) is 84.2 cm³/mol. The molecule has 2 aliphatic rings. The molecular formula is C15H18ClN3O4. The number of hydrogen-bond acceptors (Lipinski definition) is 4. The zero-order chi connectivity index (χ0) is 17.3. The molecule has 0 bridgehead atoms. The van der Waals surface area contributed by atoms with Gasteiger partial charge in [-0.15, -0.1) is 0 Å². The fraction of sp³-hybridized carbons (Fsp3) is 0.400. The Bertz CT molecular complexity index is 641. The van der Waals surface area contributed by atoms with Crippen molar-refractivity contribution in [2.24, 2.45) is 5.73 Å². The third-order valence-corrected chi connectivity index (χ3v) is 4.31. The standard InChI is InChI=1S/C15H18ClN3O4/c1-3-4-7(2)10(17)13(20)18-11-9-6-5-8(16)12(15(22)23)19(9)14(11)21/h3-4,9-11H,2,5-6,17H2,1H3,(H,18,20)(H,22,23)/b4-3-/t9-,10-,11+/m1/s1. The summed E-state index contributed by atoms with van der Waals surface area (Å²) < 4.78 is 0. The Morgan fingerprint density at radius 2 is 2.22 bits per heavy atom. The van der Waals surface area contributed by atoms with E-state index in [1.54, 1.807) is 19.1 Å². The molecule has 3 atom stereocenters. The molecule has 2 heterocycles. The number of allylic oxidation sites excluding steroid dienone is 2. The molecule has 0 unspecified atom stereocenters. The first-order valence-electron chi connectivity index (χ1n) is 7.12. The van der Waals surface area contributed by atoms with Gasteiger partial charge >= 0.3 is 5.97 Å². The zero-order valence-electron chi connectivity index (χ0n) is 12.6. The first-order chi connectivity index (χ1) is 10.8. The van der Waals surface area contributed by atoms with E-state index in [4.69, 9.17) is 17.3 Å². The number of nitrogens with zero attached hydrogens (tertiary/aromatic N) is 1. The van der Waals surface area contributed by atoms with Crippen molar-refractivity contribution in [1.82, 2.24) is 10.2 Å². The molecule has 0 aromatic rings. The minimum Gasteiger partial charge on any atom is -0.477 e. The van der Waals surface area contributed by atoms with Crippen LogP contribution in [0.15, 0.2) is 35.0 Å². The monoisotopic (exact) mass is 339 g/mol. The lowest BCUT2D eigenvalue weighted by molar-refractivity contribution is -0.155. The van der Waals surface area contributed by atoms with Crippen LogP contribution in [0.2, 0.25) is 0 Å². The number of halogens is 1. The molecule has 4 N–H and O–H groups in total. The number of β-lactam (4-membered cyclic amide) rings is 1. The van der Waals surface area contributed by atoms with Crippen molar-refractivity contribution in [1.29, 1.82) is 0 Å². The minimum atomic E-state index is -1.25. The number of nitrogens with two attached hydrogens (primary N) is 1. The van der Waals surface area contributed by atoms with Crippen LogP contribution in [0.3, 0.4) is 0 Å². The summed E-state index contributed by atoms with van der Waals surface area (Å²) in [6, 6.07) is -2.16. The molecule has 23 heavy (non-hydrogen) atoms. The number of aliphatic carboxylic acids is 1. The summed E-state index contributed by atoms with van der Waals surface area (Å²) in [6.07, 6.45) is 4.16. The van der Waals surface area contributed by atoms with Crippen LogP contribution in [0.1, 0.15) is 19.8 Å². The lowest BCUT2D eigenvalue weighted by atomic mass is 9.86. The number of carboxylic acids is 1. The van der Waals surface area contributed by atoms with Crippen LogP contribution in [-0.4, -0.2) is 45.9 Å². The third-order valence-electron chi connectivity index (χ3n) is 3.94. The van der Waals surface area contributed by atoms with Gasteiger partial charge in [-0.25, -0.2) is 4.79 Å². The largest absolute Gasteiger partial charge is 0.477 e. The maximum atomic E-state index is 12.2. The van der Waals surface area contributed by atoms with Gasteiger partial charge in [0.05, 0.1) is 6.04 Å². The Hall–Kier alpha value is -2.12. The second kappa shape index (κ2) is 6.55. The fourth-order valence-corrected chi connectivity index (χ4v) is 3.03. The molecule has 0 aromatic heterocycles. The normalized spacial score (nSPS) is 25.0. The van der Waals surface area contributed by atoms with Gasteiger partial charge < -0.3 is 16.2 Å². The van der Waals surface area contributed by atoms with Crippen molar-refractivity contribution >= 4 is 29.4 Å². The van der Waals surface area contributed by atoms with Gasteiger partial charge in [0, 0.05) is 5.03 Å². The van der Waals surface area contributed by atoms with E-state index in [9.17, 15) is 19.5 Å². The number of carbonyl (C=O) groups excluding carboxylic acids is 2. The molecule has 2 aliphatic heterocycles. The van der Waals surface area contributed by atoms with Crippen LogP contribution in [-0.2, 0) is 14.4 Å². The highest BCUT2D eigenvalue weighted by Gasteiger charge is 2.53. The summed E-state index contributed by atoms with van der Waals surface area (Å²) in [7, 11) is 0. The molecule has 0 spiro atoms. The van der Waals surface area contributed by atoms with E-state index in [0.29, 0.717) is 18.4 Å². The smallest absolute Gasteiger partial charge is 0.353 e. The Morgan fingerprint density at radius 3 is 2.78 bits per heavy atom. The van der Waals surface area contributed by atoms with Crippen molar-refractivity contribution in [3.8, 4) is 0 Å². The molecule has 124 valence electrons. The molecule has 2 rings (SSSR count).